The van der Waals surface area contributed by atoms with E-state index in [0.717, 1.165) is 39.2 Å². The molecule has 44 heavy (non-hydrogen) atoms. The van der Waals surface area contributed by atoms with Crippen LogP contribution in [0.4, 0.5) is 0 Å². The molecule has 1 atom stereocenters. The molecule has 2 heterocycles. The fourth-order valence-corrected chi connectivity index (χ4v) is 5.86. The lowest BCUT2D eigenvalue weighted by Gasteiger charge is -2.30. The fraction of sp³-hybridized carbons (Fsp3) is 0.244. The molecule has 0 spiro atoms. The standard InChI is InChI=1S/C41H42N2O/c1-39(2,3)33-20-30(21-34(24-33)40(4,5)6)31-22-36(43-37(23-31)35-17-10-11-18-38(35)44)27-15-12-16-32(19-27)41(7)25-28-13-8-9-14-29(28)26-42-41/h8-26,42,44H,1-7H3. The molecular formula is C41H42N2O. The van der Waals surface area contributed by atoms with E-state index in [1.54, 1.807) is 6.07 Å². The third-order valence-electron chi connectivity index (χ3n) is 8.73. The molecule has 1 aliphatic heterocycles. The number of aromatic nitrogens is 1. The molecular weight excluding hydrogens is 536 g/mol. The van der Waals surface area contributed by atoms with Crippen molar-refractivity contribution in [2.45, 2.75) is 64.8 Å². The van der Waals surface area contributed by atoms with Crippen LogP contribution in [0.5, 0.6) is 5.75 Å². The van der Waals surface area contributed by atoms with Gasteiger partial charge in [-0.2, -0.15) is 0 Å². The molecule has 0 radical (unpaired) electrons. The smallest absolute Gasteiger partial charge is 0.124 e. The molecule has 1 aliphatic rings. The van der Waals surface area contributed by atoms with Crippen LogP contribution in [0, 0.1) is 0 Å². The van der Waals surface area contributed by atoms with Gasteiger partial charge in [0.2, 0.25) is 0 Å². The SMILES string of the molecule is CC(C)(C)c1cc(-c2cc(-c3cccc(C4(C)C=c5ccccc5=CN4)c3)nc(-c3ccccc3O)c2)cc(C(C)(C)C)c1. The highest BCUT2D eigenvalue weighted by Crippen LogP contribution is 2.38. The second-order valence-electron chi connectivity index (χ2n) is 14.3. The molecule has 3 heteroatoms. The van der Waals surface area contributed by atoms with E-state index in [2.05, 4.69) is 145 Å². The minimum absolute atomic E-state index is 0.00466. The molecule has 0 amide bonds. The van der Waals surface area contributed by atoms with Crippen molar-refractivity contribution in [1.29, 1.82) is 0 Å². The van der Waals surface area contributed by atoms with Crippen molar-refractivity contribution in [3.05, 3.63) is 130 Å². The summed E-state index contributed by atoms with van der Waals surface area (Å²) in [7, 11) is 0. The van der Waals surface area contributed by atoms with E-state index in [1.807, 2.05) is 18.2 Å². The van der Waals surface area contributed by atoms with Gasteiger partial charge in [-0.25, -0.2) is 4.98 Å². The van der Waals surface area contributed by atoms with Crippen LogP contribution in [-0.2, 0) is 16.4 Å². The molecule has 0 bridgehead atoms. The van der Waals surface area contributed by atoms with Crippen molar-refractivity contribution >= 4 is 12.3 Å². The second kappa shape index (κ2) is 10.8. The normalized spacial score (nSPS) is 16.3. The number of hydrogen-bond acceptors (Lipinski definition) is 3. The van der Waals surface area contributed by atoms with Gasteiger partial charge in [-0.15, -0.1) is 0 Å². The first kappa shape index (κ1) is 29.4. The number of benzene rings is 4. The van der Waals surface area contributed by atoms with Crippen LogP contribution in [0.25, 0.3) is 45.9 Å². The Hall–Kier alpha value is -4.63. The van der Waals surface area contributed by atoms with Crippen LogP contribution in [-0.4, -0.2) is 10.1 Å². The summed E-state index contributed by atoms with van der Waals surface area (Å²) in [5, 5.41) is 16.9. The quantitative estimate of drug-likeness (QED) is 0.225. The molecule has 0 saturated carbocycles. The Morgan fingerprint density at radius 2 is 1.23 bits per heavy atom. The van der Waals surface area contributed by atoms with Crippen LogP contribution in [0.1, 0.15) is 65.2 Å². The van der Waals surface area contributed by atoms with E-state index in [1.165, 1.54) is 21.6 Å². The van der Waals surface area contributed by atoms with Crippen molar-refractivity contribution in [1.82, 2.24) is 10.3 Å². The first-order valence-corrected chi connectivity index (χ1v) is 15.4. The Morgan fingerprint density at radius 1 is 0.614 bits per heavy atom. The van der Waals surface area contributed by atoms with E-state index in [9.17, 15) is 5.11 Å². The molecule has 0 saturated heterocycles. The summed E-state index contributed by atoms with van der Waals surface area (Å²) < 4.78 is 0. The average Bonchev–Trinajstić information content (AvgIpc) is 3.00. The van der Waals surface area contributed by atoms with Crippen molar-refractivity contribution in [2.24, 2.45) is 0 Å². The maximum absolute atomic E-state index is 10.9. The van der Waals surface area contributed by atoms with E-state index >= 15 is 0 Å². The van der Waals surface area contributed by atoms with E-state index in [-0.39, 0.29) is 22.1 Å². The van der Waals surface area contributed by atoms with Gasteiger partial charge >= 0.3 is 0 Å². The molecule has 1 aromatic heterocycles. The van der Waals surface area contributed by atoms with Gasteiger partial charge in [-0.3, -0.25) is 0 Å². The second-order valence-corrected chi connectivity index (χ2v) is 14.3. The lowest BCUT2D eigenvalue weighted by Crippen LogP contribution is -2.44. The number of nitrogens with zero attached hydrogens (tertiary/aromatic N) is 1. The van der Waals surface area contributed by atoms with Crippen molar-refractivity contribution < 1.29 is 5.11 Å². The van der Waals surface area contributed by atoms with Crippen molar-refractivity contribution in [2.75, 3.05) is 0 Å². The number of pyridine rings is 1. The number of rotatable bonds is 4. The van der Waals surface area contributed by atoms with Gasteiger partial charge in [0, 0.05) is 17.3 Å². The zero-order chi connectivity index (χ0) is 31.3. The van der Waals surface area contributed by atoms with Gasteiger partial charge in [-0.1, -0.05) is 114 Å². The topological polar surface area (TPSA) is 45.2 Å². The number of hydrogen-bond donors (Lipinski definition) is 2. The first-order chi connectivity index (χ1) is 20.8. The summed E-state index contributed by atoms with van der Waals surface area (Å²) in [4.78, 5) is 5.15. The van der Waals surface area contributed by atoms with Gasteiger partial charge in [0.25, 0.3) is 0 Å². The highest BCUT2D eigenvalue weighted by atomic mass is 16.3. The number of aromatic hydroxyl groups is 1. The van der Waals surface area contributed by atoms with Crippen LogP contribution in [0.3, 0.4) is 0 Å². The summed E-state index contributed by atoms with van der Waals surface area (Å²) in [6, 6.07) is 35.8. The summed E-state index contributed by atoms with van der Waals surface area (Å²) >= 11 is 0. The lowest BCUT2D eigenvalue weighted by molar-refractivity contribution is 0.477. The largest absolute Gasteiger partial charge is 0.507 e. The minimum atomic E-state index is -0.370. The molecule has 1 unspecified atom stereocenters. The summed E-state index contributed by atoms with van der Waals surface area (Å²) in [5.41, 5.74) is 8.96. The van der Waals surface area contributed by atoms with Gasteiger partial charge in [0.1, 0.15) is 5.75 Å². The number of fused-ring (bicyclic) bond motifs is 1. The maximum atomic E-state index is 10.9. The fourth-order valence-electron chi connectivity index (χ4n) is 5.86. The molecule has 0 fully saturated rings. The Morgan fingerprint density at radius 3 is 1.91 bits per heavy atom. The van der Waals surface area contributed by atoms with Crippen LogP contribution in [0.2, 0.25) is 0 Å². The monoisotopic (exact) mass is 578 g/mol. The summed E-state index contributed by atoms with van der Waals surface area (Å²) in [6.07, 6.45) is 4.40. The van der Waals surface area contributed by atoms with Crippen molar-refractivity contribution in [3.8, 4) is 39.4 Å². The molecule has 222 valence electrons. The first-order valence-electron chi connectivity index (χ1n) is 15.4. The number of phenolic OH excluding ortho intramolecular Hbond substituents is 1. The Kier molecular flexibility index (Phi) is 7.24. The molecule has 3 nitrogen and oxygen atoms in total. The molecule has 5 aromatic rings. The van der Waals surface area contributed by atoms with Crippen molar-refractivity contribution in [3.63, 3.8) is 0 Å². The van der Waals surface area contributed by atoms with E-state index in [0.29, 0.717) is 0 Å². The number of para-hydroxylation sites is 1. The number of nitrogens with one attached hydrogen (secondary N) is 1. The summed E-state index contributed by atoms with van der Waals surface area (Å²) in [6.45, 7) is 15.8. The molecule has 4 aromatic carbocycles. The Bertz CT molecular complexity index is 1960. The average molecular weight is 579 g/mol. The zero-order valence-corrected chi connectivity index (χ0v) is 26.9. The lowest BCUT2D eigenvalue weighted by atomic mass is 9.79. The van der Waals surface area contributed by atoms with E-state index < -0.39 is 0 Å². The Labute approximate surface area is 261 Å². The van der Waals surface area contributed by atoms with Gasteiger partial charge < -0.3 is 10.4 Å². The molecule has 6 rings (SSSR count). The Balaban J connectivity index is 1.55. The molecule has 0 aliphatic carbocycles. The van der Waals surface area contributed by atoms with Gasteiger partial charge in [0.15, 0.2) is 0 Å². The zero-order valence-electron chi connectivity index (χ0n) is 26.9. The van der Waals surface area contributed by atoms with Gasteiger partial charge in [-0.05, 0) is 92.4 Å². The van der Waals surface area contributed by atoms with Crippen LogP contribution in [0.15, 0.2) is 103 Å². The third-order valence-corrected chi connectivity index (χ3v) is 8.73. The molecule has 2 N–H and O–H groups in total. The summed E-state index contributed by atoms with van der Waals surface area (Å²) in [5.74, 6) is 0.221. The predicted octanol–water partition coefficient (Wildman–Crippen LogP) is 8.42. The third kappa shape index (κ3) is 5.79. The predicted molar refractivity (Wildman–Crippen MR) is 185 cm³/mol. The highest BCUT2D eigenvalue weighted by molar-refractivity contribution is 5.79. The van der Waals surface area contributed by atoms with Crippen LogP contribution < -0.4 is 15.8 Å². The minimum Gasteiger partial charge on any atom is -0.507 e. The number of phenols is 1. The highest BCUT2D eigenvalue weighted by Gasteiger charge is 2.25. The van der Waals surface area contributed by atoms with Gasteiger partial charge in [0.05, 0.1) is 16.9 Å². The maximum Gasteiger partial charge on any atom is 0.124 e. The van der Waals surface area contributed by atoms with Crippen LogP contribution >= 0.6 is 0 Å². The van der Waals surface area contributed by atoms with E-state index in [4.69, 9.17) is 4.98 Å².